The summed E-state index contributed by atoms with van der Waals surface area (Å²) < 4.78 is 1.11. The van der Waals surface area contributed by atoms with Gasteiger partial charge in [0.15, 0.2) is 0 Å². The fourth-order valence-electron chi connectivity index (χ4n) is 1.50. The summed E-state index contributed by atoms with van der Waals surface area (Å²) in [6.07, 6.45) is 1.74. The molecule has 1 amide bonds. The molecule has 0 fully saturated rings. The van der Waals surface area contributed by atoms with E-state index in [-0.39, 0.29) is 12.5 Å². The molecule has 74 valence electrons. The molecular weight excluding hydrogens is 210 g/mol. The number of nitrogens with zero attached hydrogens (tertiary/aromatic N) is 2. The molecule has 4 nitrogen and oxygen atoms in total. The van der Waals surface area contributed by atoms with Crippen LogP contribution in [-0.2, 0) is 4.79 Å². The van der Waals surface area contributed by atoms with E-state index in [0.717, 1.165) is 15.8 Å². The third kappa shape index (κ3) is 1.41. The van der Waals surface area contributed by atoms with Gasteiger partial charge >= 0.3 is 0 Å². The minimum absolute atomic E-state index is 0.0590. The summed E-state index contributed by atoms with van der Waals surface area (Å²) in [4.78, 5) is 19.4. The summed E-state index contributed by atoms with van der Waals surface area (Å²) in [5.41, 5.74) is 1.85. The molecule has 3 rings (SSSR count). The van der Waals surface area contributed by atoms with Crippen LogP contribution < -0.4 is 5.32 Å². The van der Waals surface area contributed by atoms with Crippen molar-refractivity contribution < 1.29 is 4.79 Å². The molecular formula is C10H7N3OS. The molecule has 5 heteroatoms. The molecule has 0 saturated heterocycles. The molecule has 1 aliphatic heterocycles. The quantitative estimate of drug-likeness (QED) is 0.779. The Hall–Kier alpha value is -1.75. The van der Waals surface area contributed by atoms with Gasteiger partial charge in [-0.1, -0.05) is 0 Å². The number of amides is 1. The minimum Gasteiger partial charge on any atom is -0.309 e. The third-order valence-corrected chi connectivity index (χ3v) is 3.07. The average Bonchev–Trinajstić information content (AvgIpc) is 2.84. The van der Waals surface area contributed by atoms with Gasteiger partial charge in [-0.15, -0.1) is 11.3 Å². The minimum atomic E-state index is -0.0590. The number of nitrogens with one attached hydrogen (secondary N) is 1. The highest BCUT2D eigenvalue weighted by molar-refractivity contribution is 7.17. The summed E-state index contributed by atoms with van der Waals surface area (Å²) in [5, 5.41) is 4.70. The van der Waals surface area contributed by atoms with Gasteiger partial charge in [-0.25, -0.2) is 0 Å². The first-order valence-electron chi connectivity index (χ1n) is 4.51. The Balaban J connectivity index is 2.08. The molecule has 2 aromatic heterocycles. The van der Waals surface area contributed by atoms with E-state index >= 15 is 0 Å². The zero-order valence-corrected chi connectivity index (χ0v) is 8.54. The fraction of sp³-hybridized carbons (Fsp3) is 0.100. The van der Waals surface area contributed by atoms with Crippen LogP contribution in [-0.4, -0.2) is 23.3 Å². The second kappa shape index (κ2) is 3.13. The summed E-state index contributed by atoms with van der Waals surface area (Å²) in [5.74, 6) is 0.569. The molecule has 0 spiro atoms. The maximum absolute atomic E-state index is 11.0. The number of amidine groups is 1. The van der Waals surface area contributed by atoms with Crippen LogP contribution in [0.3, 0.4) is 0 Å². The summed E-state index contributed by atoms with van der Waals surface area (Å²) in [6, 6.07) is 3.97. The van der Waals surface area contributed by atoms with Gasteiger partial charge in [-0.05, 0) is 17.5 Å². The topological polar surface area (TPSA) is 54.4 Å². The second-order valence-corrected chi connectivity index (χ2v) is 4.19. The van der Waals surface area contributed by atoms with Crippen LogP contribution in [0.5, 0.6) is 0 Å². The van der Waals surface area contributed by atoms with Crippen molar-refractivity contribution >= 4 is 33.3 Å². The van der Waals surface area contributed by atoms with Crippen molar-refractivity contribution in [1.29, 1.82) is 0 Å². The van der Waals surface area contributed by atoms with Gasteiger partial charge in [0.25, 0.3) is 0 Å². The third-order valence-electron chi connectivity index (χ3n) is 2.21. The van der Waals surface area contributed by atoms with Gasteiger partial charge in [-0.2, -0.15) is 0 Å². The van der Waals surface area contributed by atoms with Crippen LogP contribution >= 0.6 is 11.3 Å². The van der Waals surface area contributed by atoms with Crippen LogP contribution in [0.4, 0.5) is 0 Å². The van der Waals surface area contributed by atoms with Crippen LogP contribution in [0, 0.1) is 0 Å². The number of aliphatic imine (C=N–C) groups is 1. The lowest BCUT2D eigenvalue weighted by Gasteiger charge is -2.00. The maximum atomic E-state index is 11.0. The Labute approximate surface area is 89.7 Å². The second-order valence-electron chi connectivity index (χ2n) is 3.24. The average molecular weight is 217 g/mol. The summed E-state index contributed by atoms with van der Waals surface area (Å²) in [7, 11) is 0. The summed E-state index contributed by atoms with van der Waals surface area (Å²) in [6.45, 7) is 0.220. The van der Waals surface area contributed by atoms with E-state index < -0.39 is 0 Å². The van der Waals surface area contributed by atoms with Gasteiger partial charge in [0.1, 0.15) is 12.4 Å². The molecule has 2 aromatic rings. The van der Waals surface area contributed by atoms with Crippen molar-refractivity contribution in [1.82, 2.24) is 10.3 Å². The number of rotatable bonds is 1. The highest BCUT2D eigenvalue weighted by Gasteiger charge is 2.15. The highest BCUT2D eigenvalue weighted by atomic mass is 32.1. The highest BCUT2D eigenvalue weighted by Crippen LogP contribution is 2.19. The zero-order chi connectivity index (χ0) is 10.3. The predicted octanol–water partition coefficient (Wildman–Crippen LogP) is 1.17. The number of carbonyl (C=O) groups is 1. The Morgan fingerprint density at radius 3 is 3.20 bits per heavy atom. The first-order valence-corrected chi connectivity index (χ1v) is 5.39. The fourth-order valence-corrected chi connectivity index (χ4v) is 2.28. The van der Waals surface area contributed by atoms with Crippen molar-refractivity contribution in [2.24, 2.45) is 4.99 Å². The normalized spacial score (nSPS) is 15.5. The molecule has 0 unspecified atom stereocenters. The molecule has 1 N–H and O–H groups in total. The number of fused-ring (bicyclic) bond motifs is 1. The Morgan fingerprint density at radius 2 is 2.40 bits per heavy atom. The van der Waals surface area contributed by atoms with E-state index in [1.165, 1.54) is 0 Å². The van der Waals surface area contributed by atoms with Crippen LogP contribution in [0.25, 0.3) is 10.2 Å². The Morgan fingerprint density at radius 1 is 1.47 bits per heavy atom. The van der Waals surface area contributed by atoms with E-state index in [0.29, 0.717) is 5.84 Å². The van der Waals surface area contributed by atoms with Crippen LogP contribution in [0.2, 0.25) is 0 Å². The number of hydrogen-bond donors (Lipinski definition) is 1. The van der Waals surface area contributed by atoms with Gasteiger partial charge in [0.05, 0.1) is 10.2 Å². The number of hydrogen-bond acceptors (Lipinski definition) is 4. The van der Waals surface area contributed by atoms with Crippen molar-refractivity contribution in [3.63, 3.8) is 0 Å². The summed E-state index contributed by atoms with van der Waals surface area (Å²) >= 11 is 1.63. The zero-order valence-electron chi connectivity index (χ0n) is 7.73. The predicted molar refractivity (Wildman–Crippen MR) is 59.2 cm³/mol. The molecule has 15 heavy (non-hydrogen) atoms. The molecule has 0 aromatic carbocycles. The van der Waals surface area contributed by atoms with Gasteiger partial charge < -0.3 is 5.32 Å². The van der Waals surface area contributed by atoms with Crippen LogP contribution in [0.1, 0.15) is 5.56 Å². The molecule has 0 saturated carbocycles. The smallest absolute Gasteiger partial charge is 0.247 e. The SMILES string of the molecule is O=C1CN=C(c2cnc3ccsc3c2)N1. The number of thiophene rings is 1. The van der Waals surface area contributed by atoms with E-state index in [4.69, 9.17) is 0 Å². The largest absolute Gasteiger partial charge is 0.309 e. The monoisotopic (exact) mass is 217 g/mol. The first-order chi connectivity index (χ1) is 7.33. The number of carbonyl (C=O) groups excluding carboxylic acids is 1. The maximum Gasteiger partial charge on any atom is 0.247 e. The molecule has 0 bridgehead atoms. The molecule has 0 aliphatic carbocycles. The van der Waals surface area contributed by atoms with Crippen molar-refractivity contribution in [3.05, 3.63) is 29.3 Å². The van der Waals surface area contributed by atoms with E-state index in [9.17, 15) is 4.79 Å². The Kier molecular flexibility index (Phi) is 1.78. The molecule has 1 aliphatic rings. The lowest BCUT2D eigenvalue weighted by Crippen LogP contribution is -2.25. The Bertz CT molecular complexity index is 573. The number of pyridine rings is 1. The van der Waals surface area contributed by atoms with Crippen molar-refractivity contribution in [3.8, 4) is 0 Å². The van der Waals surface area contributed by atoms with E-state index in [1.54, 1.807) is 17.5 Å². The van der Waals surface area contributed by atoms with Gasteiger partial charge in [0, 0.05) is 11.8 Å². The lowest BCUT2D eigenvalue weighted by atomic mass is 10.2. The standard InChI is InChI=1S/C10H7N3OS/c14-9-5-12-10(13-9)6-3-8-7(11-4-6)1-2-15-8/h1-4H,5H2,(H,12,13,14). The molecule has 0 atom stereocenters. The molecule has 0 radical (unpaired) electrons. The van der Waals surface area contributed by atoms with Crippen molar-refractivity contribution in [2.75, 3.05) is 6.54 Å². The first kappa shape index (κ1) is 8.55. The van der Waals surface area contributed by atoms with E-state index in [2.05, 4.69) is 15.3 Å². The molecule has 3 heterocycles. The van der Waals surface area contributed by atoms with Gasteiger partial charge in [0.2, 0.25) is 5.91 Å². The van der Waals surface area contributed by atoms with E-state index in [1.807, 2.05) is 17.5 Å². The number of aromatic nitrogens is 1. The van der Waals surface area contributed by atoms with Gasteiger partial charge in [-0.3, -0.25) is 14.8 Å². The van der Waals surface area contributed by atoms with Crippen LogP contribution in [0.15, 0.2) is 28.7 Å². The van der Waals surface area contributed by atoms with Crippen molar-refractivity contribution in [2.45, 2.75) is 0 Å². The lowest BCUT2D eigenvalue weighted by molar-refractivity contribution is -0.117.